The Morgan fingerprint density at radius 3 is 2.50 bits per heavy atom. The molecule has 1 amide bonds. The Kier molecular flexibility index (Phi) is 5.16. The fraction of sp³-hybridized carbons (Fsp3) is 0.556. The second kappa shape index (κ2) is 7.32. The number of likely N-dealkylation sites (tertiary alicyclic amines) is 1. The van der Waals surface area contributed by atoms with Crippen LogP contribution in [0, 0.1) is 0 Å². The Morgan fingerprint density at radius 1 is 1.17 bits per heavy atom. The lowest BCUT2D eigenvalue weighted by Crippen LogP contribution is -2.48. The molecular weight excluding hydrogens is 308 g/mol. The van der Waals surface area contributed by atoms with E-state index in [-0.39, 0.29) is 17.5 Å². The number of carboxylic acid groups (broad SMARTS) is 1. The Hall–Kier alpha value is -1.92. The van der Waals surface area contributed by atoms with E-state index < -0.39 is 5.97 Å². The van der Waals surface area contributed by atoms with Gasteiger partial charge in [-0.05, 0) is 49.9 Å². The molecule has 1 aliphatic carbocycles. The summed E-state index contributed by atoms with van der Waals surface area (Å²) in [7, 11) is 1.75. The van der Waals surface area contributed by atoms with Gasteiger partial charge >= 0.3 is 5.97 Å². The molecule has 2 aliphatic rings. The molecule has 1 aliphatic heterocycles. The molecule has 1 heterocycles. The number of hydrogen-bond acceptors (Lipinski definition) is 4. The third kappa shape index (κ3) is 3.60. The Morgan fingerprint density at radius 2 is 1.88 bits per heavy atom. The van der Waals surface area contributed by atoms with Gasteiger partial charge in [-0.1, -0.05) is 0 Å². The highest BCUT2D eigenvalue weighted by Gasteiger charge is 2.36. The van der Waals surface area contributed by atoms with Crippen LogP contribution in [0.2, 0.25) is 0 Å². The number of methoxy groups -OCH3 is 1. The molecule has 0 aromatic heterocycles. The average Bonchev–Trinajstić information content (AvgIpc) is 3.23. The number of carbonyl (C=O) groups is 2. The maximum absolute atomic E-state index is 12.5. The van der Waals surface area contributed by atoms with Crippen molar-refractivity contribution in [2.45, 2.75) is 43.9 Å². The summed E-state index contributed by atoms with van der Waals surface area (Å²) in [5, 5.41) is 12.1. The van der Waals surface area contributed by atoms with Crippen LogP contribution in [0.25, 0.3) is 0 Å². The molecule has 2 N–H and O–H groups in total. The Balaban J connectivity index is 1.61. The zero-order valence-electron chi connectivity index (χ0n) is 13.9. The van der Waals surface area contributed by atoms with Gasteiger partial charge in [0.2, 0.25) is 0 Å². The van der Waals surface area contributed by atoms with Crippen LogP contribution in [0.5, 0.6) is 0 Å². The van der Waals surface area contributed by atoms with Crippen molar-refractivity contribution in [3.05, 3.63) is 35.4 Å². The first-order valence-electron chi connectivity index (χ1n) is 8.49. The van der Waals surface area contributed by atoms with Crippen LogP contribution in [0.4, 0.5) is 0 Å². The molecule has 1 unspecified atom stereocenters. The van der Waals surface area contributed by atoms with E-state index in [0.717, 1.165) is 38.8 Å². The minimum Gasteiger partial charge on any atom is -0.478 e. The molecule has 0 spiro atoms. The number of carbonyl (C=O) groups excluding carboxylic acids is 1. The van der Waals surface area contributed by atoms with Crippen LogP contribution < -0.4 is 5.32 Å². The van der Waals surface area contributed by atoms with Crippen molar-refractivity contribution >= 4 is 11.9 Å². The van der Waals surface area contributed by atoms with Gasteiger partial charge in [-0.2, -0.15) is 0 Å². The molecule has 24 heavy (non-hydrogen) atoms. The largest absolute Gasteiger partial charge is 0.478 e. The predicted molar refractivity (Wildman–Crippen MR) is 89.3 cm³/mol. The molecule has 0 radical (unpaired) electrons. The van der Waals surface area contributed by atoms with Gasteiger partial charge in [-0.25, -0.2) is 4.79 Å². The van der Waals surface area contributed by atoms with E-state index in [0.29, 0.717) is 17.7 Å². The third-order valence-corrected chi connectivity index (χ3v) is 5.17. The molecule has 1 aromatic carbocycles. The first-order valence-corrected chi connectivity index (χ1v) is 8.49. The van der Waals surface area contributed by atoms with E-state index in [2.05, 4.69) is 10.2 Å². The van der Waals surface area contributed by atoms with Crippen molar-refractivity contribution in [2.75, 3.05) is 20.2 Å². The van der Waals surface area contributed by atoms with Crippen molar-refractivity contribution in [1.29, 1.82) is 0 Å². The van der Waals surface area contributed by atoms with Crippen molar-refractivity contribution in [3.8, 4) is 0 Å². The summed E-state index contributed by atoms with van der Waals surface area (Å²) in [4.78, 5) is 25.8. The van der Waals surface area contributed by atoms with E-state index in [1.54, 1.807) is 19.2 Å². The Bertz CT molecular complexity index is 602. The minimum atomic E-state index is -0.987. The average molecular weight is 332 g/mol. The molecular formula is C18H24N2O4. The number of rotatable bonds is 5. The number of hydrogen-bond donors (Lipinski definition) is 2. The van der Waals surface area contributed by atoms with Gasteiger partial charge < -0.3 is 15.2 Å². The second-order valence-electron chi connectivity index (χ2n) is 6.60. The highest BCUT2D eigenvalue weighted by molar-refractivity contribution is 5.96. The first kappa shape index (κ1) is 16.9. The normalized spacial score (nSPS) is 27.3. The number of ether oxygens (including phenoxy) is 1. The SMILES string of the molecule is COC1CCN([C@@H]2CCC[C@@H]2NC(=O)c2ccc(C(=O)O)cc2)C1. The highest BCUT2D eigenvalue weighted by Crippen LogP contribution is 2.28. The smallest absolute Gasteiger partial charge is 0.335 e. The number of nitrogens with zero attached hydrogens (tertiary/aromatic N) is 1. The van der Waals surface area contributed by atoms with E-state index in [1.165, 1.54) is 12.1 Å². The number of aromatic carboxylic acids is 1. The summed E-state index contributed by atoms with van der Waals surface area (Å²) in [5.74, 6) is -1.12. The summed E-state index contributed by atoms with van der Waals surface area (Å²) in [6.45, 7) is 1.95. The standard InChI is InChI=1S/C18H24N2O4/c1-24-14-9-10-20(11-14)16-4-2-3-15(16)19-17(21)12-5-7-13(8-6-12)18(22)23/h5-8,14-16H,2-4,9-11H2,1H3,(H,19,21)(H,22,23)/t14?,15-,16+/m0/s1. The summed E-state index contributed by atoms with van der Waals surface area (Å²) < 4.78 is 5.44. The molecule has 130 valence electrons. The minimum absolute atomic E-state index is 0.133. The van der Waals surface area contributed by atoms with Crippen molar-refractivity contribution in [1.82, 2.24) is 10.2 Å². The molecule has 6 nitrogen and oxygen atoms in total. The molecule has 2 fully saturated rings. The van der Waals surface area contributed by atoms with Crippen LogP contribution in [-0.4, -0.2) is 60.3 Å². The van der Waals surface area contributed by atoms with Crippen LogP contribution in [-0.2, 0) is 4.74 Å². The third-order valence-electron chi connectivity index (χ3n) is 5.17. The maximum atomic E-state index is 12.5. The molecule has 1 saturated heterocycles. The van der Waals surface area contributed by atoms with Gasteiger partial charge in [-0.3, -0.25) is 9.69 Å². The molecule has 0 bridgehead atoms. The molecule has 3 atom stereocenters. The van der Waals surface area contributed by atoms with Gasteiger partial charge in [0.25, 0.3) is 5.91 Å². The van der Waals surface area contributed by atoms with E-state index >= 15 is 0 Å². The Labute approximate surface area is 141 Å². The number of nitrogens with one attached hydrogen (secondary N) is 1. The zero-order valence-corrected chi connectivity index (χ0v) is 13.9. The fourth-order valence-electron chi connectivity index (χ4n) is 3.81. The van der Waals surface area contributed by atoms with E-state index in [1.807, 2.05) is 0 Å². The fourth-order valence-corrected chi connectivity index (χ4v) is 3.81. The van der Waals surface area contributed by atoms with E-state index in [9.17, 15) is 9.59 Å². The lowest BCUT2D eigenvalue weighted by atomic mass is 10.1. The monoisotopic (exact) mass is 332 g/mol. The maximum Gasteiger partial charge on any atom is 0.335 e. The number of benzene rings is 1. The van der Waals surface area contributed by atoms with Gasteiger partial charge in [0.1, 0.15) is 0 Å². The van der Waals surface area contributed by atoms with Crippen LogP contribution in [0.15, 0.2) is 24.3 Å². The summed E-state index contributed by atoms with van der Waals surface area (Å²) in [5.41, 5.74) is 0.690. The summed E-state index contributed by atoms with van der Waals surface area (Å²) >= 11 is 0. The van der Waals surface area contributed by atoms with Crippen LogP contribution in [0.3, 0.4) is 0 Å². The van der Waals surface area contributed by atoms with Crippen molar-refractivity contribution in [2.24, 2.45) is 0 Å². The molecule has 3 rings (SSSR count). The number of carboxylic acids is 1. The quantitative estimate of drug-likeness (QED) is 0.859. The summed E-state index contributed by atoms with van der Waals surface area (Å²) in [6.07, 6.45) is 4.54. The van der Waals surface area contributed by atoms with Crippen LogP contribution in [0.1, 0.15) is 46.4 Å². The van der Waals surface area contributed by atoms with Gasteiger partial charge in [0, 0.05) is 37.8 Å². The van der Waals surface area contributed by atoms with Gasteiger partial charge in [-0.15, -0.1) is 0 Å². The van der Waals surface area contributed by atoms with Gasteiger partial charge in [0.15, 0.2) is 0 Å². The van der Waals surface area contributed by atoms with Crippen molar-refractivity contribution < 1.29 is 19.4 Å². The van der Waals surface area contributed by atoms with Crippen LogP contribution >= 0.6 is 0 Å². The first-order chi connectivity index (χ1) is 11.6. The zero-order chi connectivity index (χ0) is 17.1. The predicted octanol–water partition coefficient (Wildman–Crippen LogP) is 1.76. The highest BCUT2D eigenvalue weighted by atomic mass is 16.5. The molecule has 1 aromatic rings. The number of amides is 1. The van der Waals surface area contributed by atoms with Gasteiger partial charge in [0.05, 0.1) is 11.7 Å². The lowest BCUT2D eigenvalue weighted by molar-refractivity contribution is 0.0696. The van der Waals surface area contributed by atoms with Crippen molar-refractivity contribution in [3.63, 3.8) is 0 Å². The topological polar surface area (TPSA) is 78.9 Å². The molecule has 1 saturated carbocycles. The second-order valence-corrected chi connectivity index (χ2v) is 6.60. The summed E-state index contributed by atoms with van der Waals surface area (Å²) in [6, 6.07) is 6.58. The lowest BCUT2D eigenvalue weighted by Gasteiger charge is -2.30. The molecule has 6 heteroatoms. The van der Waals surface area contributed by atoms with E-state index in [4.69, 9.17) is 9.84 Å².